The number of hydrogen-bond donors (Lipinski definition) is 1. The van der Waals surface area contributed by atoms with Gasteiger partial charge in [-0.1, -0.05) is 39.0 Å². The van der Waals surface area contributed by atoms with Gasteiger partial charge in [0.2, 0.25) is 0 Å². The van der Waals surface area contributed by atoms with Crippen molar-refractivity contribution in [2.75, 3.05) is 25.4 Å². The van der Waals surface area contributed by atoms with Crippen LogP contribution in [0.3, 0.4) is 0 Å². The van der Waals surface area contributed by atoms with Crippen LogP contribution in [0.1, 0.15) is 33.6 Å². The Labute approximate surface area is 145 Å². The SMILES string of the molecule is CC(C)(C)CNC(=O)N1CCCC(CS(=O)(=O)c2ccccc2)C1. The van der Waals surface area contributed by atoms with Crippen molar-refractivity contribution in [3.63, 3.8) is 0 Å². The molecule has 5 nitrogen and oxygen atoms in total. The standard InChI is InChI=1S/C18H28N2O3S/c1-18(2,3)14-19-17(21)20-11-7-8-15(12-20)13-24(22,23)16-9-5-4-6-10-16/h4-6,9-10,15H,7-8,11-14H2,1-3H3,(H,19,21). The molecule has 0 aliphatic carbocycles. The number of hydrogen-bond acceptors (Lipinski definition) is 3. The molecule has 1 unspecified atom stereocenters. The van der Waals surface area contributed by atoms with Crippen molar-refractivity contribution >= 4 is 15.9 Å². The summed E-state index contributed by atoms with van der Waals surface area (Å²) >= 11 is 0. The van der Waals surface area contributed by atoms with Crippen molar-refractivity contribution < 1.29 is 13.2 Å². The zero-order valence-corrected chi connectivity index (χ0v) is 15.6. The summed E-state index contributed by atoms with van der Waals surface area (Å²) < 4.78 is 25.0. The first-order valence-corrected chi connectivity index (χ1v) is 10.1. The maximum Gasteiger partial charge on any atom is 0.317 e. The molecule has 0 radical (unpaired) electrons. The number of rotatable bonds is 4. The van der Waals surface area contributed by atoms with Crippen LogP contribution in [-0.4, -0.2) is 44.7 Å². The molecule has 0 saturated carbocycles. The number of sulfone groups is 1. The third-order valence-corrected chi connectivity index (χ3v) is 6.03. The number of carbonyl (C=O) groups is 1. The first-order valence-electron chi connectivity index (χ1n) is 8.48. The fourth-order valence-electron chi connectivity index (χ4n) is 2.87. The van der Waals surface area contributed by atoms with Crippen molar-refractivity contribution in [2.24, 2.45) is 11.3 Å². The van der Waals surface area contributed by atoms with Gasteiger partial charge in [0.15, 0.2) is 9.84 Å². The zero-order chi connectivity index (χ0) is 17.8. The number of carbonyl (C=O) groups excluding carboxylic acids is 1. The Hall–Kier alpha value is -1.56. The van der Waals surface area contributed by atoms with Crippen molar-refractivity contribution in [3.05, 3.63) is 30.3 Å². The second kappa shape index (κ2) is 7.55. The van der Waals surface area contributed by atoms with Crippen LogP contribution in [0.25, 0.3) is 0 Å². The highest BCUT2D eigenvalue weighted by Gasteiger charge is 2.28. The van der Waals surface area contributed by atoms with Gasteiger partial charge < -0.3 is 10.2 Å². The average Bonchev–Trinajstić information content (AvgIpc) is 2.52. The van der Waals surface area contributed by atoms with E-state index in [-0.39, 0.29) is 23.1 Å². The molecular formula is C18H28N2O3S. The first kappa shape index (κ1) is 18.8. The minimum Gasteiger partial charge on any atom is -0.337 e. The second-order valence-corrected chi connectivity index (χ2v) is 9.80. The molecule has 2 amide bonds. The fourth-order valence-corrected chi connectivity index (χ4v) is 4.53. The highest BCUT2D eigenvalue weighted by molar-refractivity contribution is 7.91. The van der Waals surface area contributed by atoms with E-state index in [9.17, 15) is 13.2 Å². The van der Waals surface area contributed by atoms with Crippen molar-refractivity contribution in [2.45, 2.75) is 38.5 Å². The molecule has 1 heterocycles. The molecule has 1 aliphatic heterocycles. The average molecular weight is 353 g/mol. The molecule has 1 fully saturated rings. The third kappa shape index (κ3) is 5.51. The van der Waals surface area contributed by atoms with Gasteiger partial charge in [-0.3, -0.25) is 0 Å². The molecule has 1 atom stereocenters. The molecule has 0 aromatic heterocycles. The molecule has 1 saturated heterocycles. The summed E-state index contributed by atoms with van der Waals surface area (Å²) in [5, 5.41) is 2.94. The van der Waals surface area contributed by atoms with Gasteiger partial charge in [-0.15, -0.1) is 0 Å². The number of amides is 2. The van der Waals surface area contributed by atoms with Crippen LogP contribution < -0.4 is 5.32 Å². The quantitative estimate of drug-likeness (QED) is 0.906. The lowest BCUT2D eigenvalue weighted by Gasteiger charge is -2.33. The van der Waals surface area contributed by atoms with E-state index >= 15 is 0 Å². The van der Waals surface area contributed by atoms with E-state index in [1.807, 2.05) is 0 Å². The summed E-state index contributed by atoms with van der Waals surface area (Å²) in [7, 11) is -3.30. The van der Waals surface area contributed by atoms with Gasteiger partial charge in [0, 0.05) is 19.6 Å². The normalized spacial score (nSPS) is 19.1. The number of nitrogens with zero attached hydrogens (tertiary/aromatic N) is 1. The monoisotopic (exact) mass is 352 g/mol. The molecule has 24 heavy (non-hydrogen) atoms. The fraction of sp³-hybridized carbons (Fsp3) is 0.611. The largest absolute Gasteiger partial charge is 0.337 e. The number of urea groups is 1. The number of likely N-dealkylation sites (tertiary alicyclic amines) is 1. The van der Waals surface area contributed by atoms with E-state index < -0.39 is 9.84 Å². The van der Waals surface area contributed by atoms with Crippen LogP contribution in [0.5, 0.6) is 0 Å². The van der Waals surface area contributed by atoms with Gasteiger partial charge in [0.25, 0.3) is 0 Å². The zero-order valence-electron chi connectivity index (χ0n) is 14.8. The Morgan fingerprint density at radius 3 is 2.54 bits per heavy atom. The Kier molecular flexibility index (Phi) is 5.91. The molecule has 1 N–H and O–H groups in total. The van der Waals surface area contributed by atoms with Gasteiger partial charge in [0.05, 0.1) is 10.6 Å². The van der Waals surface area contributed by atoms with Crippen molar-refractivity contribution in [1.82, 2.24) is 10.2 Å². The van der Waals surface area contributed by atoms with Crippen molar-refractivity contribution in [1.29, 1.82) is 0 Å². The molecule has 2 rings (SSSR count). The lowest BCUT2D eigenvalue weighted by Crippen LogP contribution is -2.48. The minimum atomic E-state index is -3.30. The number of piperidine rings is 1. The minimum absolute atomic E-state index is 0.00987. The van der Waals surface area contributed by atoms with E-state index in [4.69, 9.17) is 0 Å². The van der Waals surface area contributed by atoms with Crippen LogP contribution in [0, 0.1) is 11.3 Å². The predicted molar refractivity (Wildman–Crippen MR) is 95.6 cm³/mol. The number of benzene rings is 1. The van der Waals surface area contributed by atoms with Gasteiger partial charge in [-0.25, -0.2) is 13.2 Å². The molecule has 1 aromatic rings. The van der Waals surface area contributed by atoms with Crippen molar-refractivity contribution in [3.8, 4) is 0 Å². The Morgan fingerprint density at radius 1 is 1.25 bits per heavy atom. The topological polar surface area (TPSA) is 66.5 Å². The predicted octanol–water partition coefficient (Wildman–Crippen LogP) is 2.93. The van der Waals surface area contributed by atoms with Crippen LogP contribution >= 0.6 is 0 Å². The highest BCUT2D eigenvalue weighted by Crippen LogP contribution is 2.22. The van der Waals surface area contributed by atoms with Crippen LogP contribution in [0.4, 0.5) is 4.79 Å². The lowest BCUT2D eigenvalue weighted by molar-refractivity contribution is 0.166. The number of nitrogens with one attached hydrogen (secondary N) is 1. The van der Waals surface area contributed by atoms with Gasteiger partial charge in [-0.05, 0) is 36.3 Å². The second-order valence-electron chi connectivity index (χ2n) is 7.77. The van der Waals surface area contributed by atoms with Gasteiger partial charge in [0.1, 0.15) is 0 Å². The van der Waals surface area contributed by atoms with E-state index in [0.29, 0.717) is 24.5 Å². The third-order valence-electron chi connectivity index (χ3n) is 4.13. The summed E-state index contributed by atoms with van der Waals surface area (Å²) in [5.41, 5.74) is 0.0293. The highest BCUT2D eigenvalue weighted by atomic mass is 32.2. The summed E-state index contributed by atoms with van der Waals surface area (Å²) in [5.74, 6) is 0.0874. The molecule has 134 valence electrons. The first-order chi connectivity index (χ1) is 11.2. The van der Waals surface area contributed by atoms with E-state index in [2.05, 4.69) is 26.1 Å². The van der Waals surface area contributed by atoms with Gasteiger partial charge in [-0.2, -0.15) is 0 Å². The summed E-state index contributed by atoms with van der Waals surface area (Å²) in [6.07, 6.45) is 1.69. The van der Waals surface area contributed by atoms with Gasteiger partial charge >= 0.3 is 6.03 Å². The summed E-state index contributed by atoms with van der Waals surface area (Å²) in [6.45, 7) is 8.01. The molecule has 0 bridgehead atoms. The van der Waals surface area contributed by atoms with E-state index in [1.165, 1.54) is 0 Å². The maximum atomic E-state index is 12.5. The van der Waals surface area contributed by atoms with Crippen LogP contribution in [0.15, 0.2) is 35.2 Å². The molecule has 6 heteroatoms. The molecular weight excluding hydrogens is 324 g/mol. The van der Waals surface area contributed by atoms with E-state index in [1.54, 1.807) is 35.2 Å². The lowest BCUT2D eigenvalue weighted by atomic mass is 9.97. The maximum absolute atomic E-state index is 12.5. The molecule has 0 spiro atoms. The molecule has 1 aliphatic rings. The summed E-state index contributed by atoms with van der Waals surface area (Å²) in [4.78, 5) is 14.4. The Morgan fingerprint density at radius 2 is 1.92 bits per heavy atom. The Bertz CT molecular complexity index is 651. The van der Waals surface area contributed by atoms with E-state index in [0.717, 1.165) is 12.8 Å². The van der Waals surface area contributed by atoms with Crippen LogP contribution in [0.2, 0.25) is 0 Å². The molecule has 1 aromatic carbocycles. The summed E-state index contributed by atoms with van der Waals surface area (Å²) in [6, 6.07) is 8.45. The smallest absolute Gasteiger partial charge is 0.317 e. The Balaban J connectivity index is 1.95. The van der Waals surface area contributed by atoms with Crippen LogP contribution in [-0.2, 0) is 9.84 Å².